The lowest BCUT2D eigenvalue weighted by molar-refractivity contribution is 0.669. The van der Waals surface area contributed by atoms with Crippen molar-refractivity contribution in [2.45, 2.75) is 0 Å². The second-order valence-electron chi connectivity index (χ2n) is 16.3. The van der Waals surface area contributed by atoms with Crippen molar-refractivity contribution in [3.05, 3.63) is 212 Å². The van der Waals surface area contributed by atoms with E-state index in [-0.39, 0.29) is 0 Å². The van der Waals surface area contributed by atoms with Crippen LogP contribution in [-0.2, 0) is 0 Å². The summed E-state index contributed by atoms with van der Waals surface area (Å²) in [4.78, 5) is 15.2. The Morgan fingerprint density at radius 3 is 1.63 bits per heavy atom. The largest absolute Gasteiger partial charge is 0.455 e. The molecule has 7 nitrogen and oxygen atoms in total. The summed E-state index contributed by atoms with van der Waals surface area (Å²) < 4.78 is 11.6. The van der Waals surface area contributed by atoms with Gasteiger partial charge in [0.15, 0.2) is 17.5 Å². The zero-order chi connectivity index (χ0) is 43.0. The number of hydrogen-bond acceptors (Lipinski definition) is 5. The van der Waals surface area contributed by atoms with Gasteiger partial charge in [-0.2, -0.15) is 5.26 Å². The maximum Gasteiger partial charge on any atom is 0.169 e. The van der Waals surface area contributed by atoms with E-state index in [0.717, 1.165) is 82.6 Å². The fourth-order valence-electron chi connectivity index (χ4n) is 9.69. The third kappa shape index (κ3) is 5.71. The molecule has 0 atom stereocenters. The molecule has 4 aromatic heterocycles. The Morgan fingerprint density at radius 1 is 0.400 bits per heavy atom. The first-order valence-electron chi connectivity index (χ1n) is 21.6. The van der Waals surface area contributed by atoms with Gasteiger partial charge in [-0.15, -0.1) is 0 Å². The zero-order valence-electron chi connectivity index (χ0n) is 34.7. The topological polar surface area (TPSA) is 85.5 Å². The third-order valence-corrected chi connectivity index (χ3v) is 12.6. The van der Waals surface area contributed by atoms with Crippen LogP contribution in [0.1, 0.15) is 5.56 Å². The molecule has 0 aliphatic carbocycles. The molecule has 9 aromatic carbocycles. The average Bonchev–Trinajstić information content (AvgIpc) is 4.03. The minimum absolute atomic E-state index is 0.355. The smallest absolute Gasteiger partial charge is 0.169 e. The molecule has 0 bridgehead atoms. The number of furan rings is 1. The molecule has 302 valence electrons. The van der Waals surface area contributed by atoms with E-state index >= 15 is 0 Å². The summed E-state index contributed by atoms with van der Waals surface area (Å²) in [6, 6.07) is 73.4. The normalized spacial score (nSPS) is 11.7. The van der Waals surface area contributed by atoms with Crippen molar-refractivity contribution in [1.82, 2.24) is 24.1 Å². The van der Waals surface area contributed by atoms with Crippen molar-refractivity contribution >= 4 is 65.6 Å². The standard InChI is InChI=1S/C58H34N6O/c59-35-40-32-51(54-43-26-14-16-28-52(43)65-55(54)53(40)58-61-56(37-19-7-2-8-20-37)60-57(62-58)38-21-9-3-10-22-38)64-48-30-29-39(36-17-5-1-6-18-36)31-44(48)46-33-45-42-25-13-15-27-47(42)63(49(45)34-50(46)64)41-23-11-4-12-24-41/h1-34H. The van der Waals surface area contributed by atoms with Crippen LogP contribution in [0, 0.1) is 11.3 Å². The molecule has 0 saturated carbocycles. The van der Waals surface area contributed by atoms with Gasteiger partial charge in [0.1, 0.15) is 17.2 Å². The summed E-state index contributed by atoms with van der Waals surface area (Å²) in [5, 5.41) is 17.6. The molecule has 0 unspecified atom stereocenters. The molecule has 0 spiro atoms. The monoisotopic (exact) mass is 830 g/mol. The van der Waals surface area contributed by atoms with Crippen LogP contribution in [0.3, 0.4) is 0 Å². The van der Waals surface area contributed by atoms with Gasteiger partial charge in [-0.3, -0.25) is 0 Å². The third-order valence-electron chi connectivity index (χ3n) is 12.6. The average molecular weight is 831 g/mol. The molecule has 0 fully saturated rings. The Hall–Kier alpha value is -9.12. The number of para-hydroxylation sites is 3. The van der Waals surface area contributed by atoms with E-state index < -0.39 is 0 Å². The van der Waals surface area contributed by atoms with Crippen LogP contribution in [0.25, 0.3) is 122 Å². The fraction of sp³-hybridized carbons (Fsp3) is 0. The summed E-state index contributed by atoms with van der Waals surface area (Å²) in [7, 11) is 0. The number of benzene rings is 9. The van der Waals surface area contributed by atoms with Gasteiger partial charge in [0, 0.05) is 43.7 Å². The van der Waals surface area contributed by atoms with E-state index in [1.54, 1.807) is 0 Å². The number of fused-ring (bicyclic) bond motifs is 9. The van der Waals surface area contributed by atoms with Crippen LogP contribution in [0.2, 0.25) is 0 Å². The van der Waals surface area contributed by atoms with Crippen molar-refractivity contribution < 1.29 is 4.42 Å². The SMILES string of the molecule is N#Cc1cc(-n2c3ccc(-c4ccccc4)cc3c3cc4c5ccccc5n(-c5ccccc5)c4cc32)c2c(oc3ccccc32)c1-c1nc(-c2ccccc2)nc(-c2ccccc2)n1. The first-order chi connectivity index (χ1) is 32.2. The van der Waals surface area contributed by atoms with Gasteiger partial charge in [0.2, 0.25) is 0 Å². The lowest BCUT2D eigenvalue weighted by atomic mass is 10.00. The highest BCUT2D eigenvalue weighted by Crippen LogP contribution is 2.46. The maximum absolute atomic E-state index is 11.3. The molecule has 4 heterocycles. The van der Waals surface area contributed by atoms with E-state index in [9.17, 15) is 5.26 Å². The van der Waals surface area contributed by atoms with E-state index in [2.05, 4.69) is 130 Å². The number of aromatic nitrogens is 5. The number of nitrogens with zero attached hydrogens (tertiary/aromatic N) is 6. The van der Waals surface area contributed by atoms with Gasteiger partial charge in [-0.05, 0) is 65.7 Å². The summed E-state index contributed by atoms with van der Waals surface area (Å²) in [6.07, 6.45) is 0. The molecule has 0 N–H and O–H groups in total. The van der Waals surface area contributed by atoms with Crippen LogP contribution in [0.15, 0.2) is 211 Å². The molecule has 7 heteroatoms. The van der Waals surface area contributed by atoms with Crippen molar-refractivity contribution in [3.8, 4) is 62.7 Å². The molecule has 0 amide bonds. The Kier molecular flexibility index (Phi) is 8.14. The highest BCUT2D eigenvalue weighted by atomic mass is 16.3. The van der Waals surface area contributed by atoms with Crippen molar-refractivity contribution in [3.63, 3.8) is 0 Å². The van der Waals surface area contributed by atoms with Crippen LogP contribution in [0.4, 0.5) is 0 Å². The van der Waals surface area contributed by atoms with Gasteiger partial charge in [-0.25, -0.2) is 15.0 Å². The maximum atomic E-state index is 11.3. The van der Waals surface area contributed by atoms with Gasteiger partial charge in [0.05, 0.1) is 44.3 Å². The van der Waals surface area contributed by atoms with Gasteiger partial charge in [0.25, 0.3) is 0 Å². The molecule has 0 aliphatic heterocycles. The van der Waals surface area contributed by atoms with Gasteiger partial charge >= 0.3 is 0 Å². The van der Waals surface area contributed by atoms with E-state index in [1.165, 1.54) is 5.39 Å². The number of rotatable bonds is 6. The van der Waals surface area contributed by atoms with Crippen molar-refractivity contribution in [1.29, 1.82) is 5.26 Å². The van der Waals surface area contributed by atoms with Crippen LogP contribution in [0.5, 0.6) is 0 Å². The molecule has 13 rings (SSSR count). The summed E-state index contributed by atoms with van der Waals surface area (Å²) in [5.74, 6) is 1.36. The second-order valence-corrected chi connectivity index (χ2v) is 16.3. The van der Waals surface area contributed by atoms with Crippen LogP contribution >= 0.6 is 0 Å². The molecule has 65 heavy (non-hydrogen) atoms. The number of nitriles is 1. The minimum atomic E-state index is 0.355. The molecule has 0 aliphatic rings. The molecular weight excluding hydrogens is 797 g/mol. The lowest BCUT2D eigenvalue weighted by Gasteiger charge is -2.15. The molecule has 13 aromatic rings. The Labute approximate surface area is 372 Å². The first kappa shape index (κ1) is 36.5. The van der Waals surface area contributed by atoms with Crippen LogP contribution in [-0.4, -0.2) is 24.1 Å². The Balaban J connectivity index is 1.17. The quantitative estimate of drug-likeness (QED) is 0.167. The van der Waals surface area contributed by atoms with E-state index in [1.807, 2.05) is 91.0 Å². The molecule has 0 radical (unpaired) electrons. The van der Waals surface area contributed by atoms with E-state index in [4.69, 9.17) is 19.4 Å². The predicted octanol–water partition coefficient (Wildman–Crippen LogP) is 14.5. The van der Waals surface area contributed by atoms with Crippen molar-refractivity contribution in [2.75, 3.05) is 0 Å². The number of hydrogen-bond donors (Lipinski definition) is 0. The minimum Gasteiger partial charge on any atom is -0.455 e. The summed E-state index contributed by atoms with van der Waals surface area (Å²) in [6.45, 7) is 0. The van der Waals surface area contributed by atoms with E-state index in [0.29, 0.717) is 39.8 Å². The summed E-state index contributed by atoms with van der Waals surface area (Å²) >= 11 is 0. The Bertz CT molecular complexity index is 3990. The molecule has 0 saturated heterocycles. The first-order valence-corrected chi connectivity index (χ1v) is 21.6. The van der Waals surface area contributed by atoms with Crippen molar-refractivity contribution in [2.24, 2.45) is 0 Å². The Morgan fingerprint density at radius 2 is 0.938 bits per heavy atom. The lowest BCUT2D eigenvalue weighted by Crippen LogP contribution is -2.03. The highest BCUT2D eigenvalue weighted by Gasteiger charge is 2.27. The summed E-state index contributed by atoms with van der Waals surface area (Å²) in [5.41, 5.74) is 12.2. The highest BCUT2D eigenvalue weighted by molar-refractivity contribution is 6.22. The fourth-order valence-corrected chi connectivity index (χ4v) is 9.69. The van der Waals surface area contributed by atoms with Gasteiger partial charge < -0.3 is 13.6 Å². The predicted molar refractivity (Wildman–Crippen MR) is 262 cm³/mol. The van der Waals surface area contributed by atoms with Gasteiger partial charge in [-0.1, -0.05) is 152 Å². The zero-order valence-corrected chi connectivity index (χ0v) is 34.7. The van der Waals surface area contributed by atoms with Crippen LogP contribution < -0.4 is 0 Å². The molecular formula is C58H34N6O. The second kappa shape index (κ2) is 14.5.